The molecule has 0 bridgehead atoms. The number of urea groups is 1. The maximum atomic E-state index is 12.1. The molecule has 0 aliphatic rings. The third-order valence-corrected chi connectivity index (χ3v) is 4.30. The third-order valence-electron chi connectivity index (χ3n) is 4.30. The van der Waals surface area contributed by atoms with Gasteiger partial charge in [-0.3, -0.25) is 4.68 Å². The fourth-order valence-electron chi connectivity index (χ4n) is 2.85. The summed E-state index contributed by atoms with van der Waals surface area (Å²) < 4.78 is 30.4. The summed E-state index contributed by atoms with van der Waals surface area (Å²) in [5.74, 6) is 0.114. The molecule has 2 amide bonds. The van der Waals surface area contributed by atoms with Crippen LogP contribution in [-0.2, 0) is 19.5 Å². The maximum Gasteiger partial charge on any atom is 0.387 e. The van der Waals surface area contributed by atoms with E-state index < -0.39 is 6.61 Å². The van der Waals surface area contributed by atoms with Gasteiger partial charge in [0, 0.05) is 25.5 Å². The van der Waals surface area contributed by atoms with Crippen LogP contribution >= 0.6 is 0 Å². The van der Waals surface area contributed by atoms with Crippen molar-refractivity contribution in [2.24, 2.45) is 0 Å². The van der Waals surface area contributed by atoms with Crippen LogP contribution in [0.5, 0.6) is 5.75 Å². The second-order valence-electron chi connectivity index (χ2n) is 6.35. The Kier molecular flexibility index (Phi) is 7.16. The summed E-state index contributed by atoms with van der Waals surface area (Å²) in [6.45, 7) is -1.37. The highest BCUT2D eigenvalue weighted by atomic mass is 19.3. The summed E-state index contributed by atoms with van der Waals surface area (Å²) in [6, 6.07) is 15.8. The Hall–Kier alpha value is -3.42. The number of hydrogen-bond donors (Lipinski definition) is 2. The lowest BCUT2D eigenvalue weighted by Crippen LogP contribution is -2.36. The number of aromatic nitrogens is 2. The molecule has 152 valence electrons. The zero-order chi connectivity index (χ0) is 20.5. The quantitative estimate of drug-likeness (QED) is 0.577. The number of halogens is 2. The average molecular weight is 400 g/mol. The number of nitrogens with zero attached hydrogens (tertiary/aromatic N) is 2. The summed E-state index contributed by atoms with van der Waals surface area (Å²) in [5, 5.41) is 9.86. The zero-order valence-electron chi connectivity index (χ0n) is 15.7. The highest BCUT2D eigenvalue weighted by Crippen LogP contribution is 2.15. The Labute approximate surface area is 167 Å². The molecule has 0 unspecified atom stereocenters. The minimum Gasteiger partial charge on any atom is -0.435 e. The summed E-state index contributed by atoms with van der Waals surface area (Å²) in [4.78, 5) is 12.1. The molecule has 0 spiro atoms. The zero-order valence-corrected chi connectivity index (χ0v) is 15.7. The summed E-state index contributed by atoms with van der Waals surface area (Å²) in [6.07, 6.45) is 4.20. The molecule has 0 saturated carbocycles. The third kappa shape index (κ3) is 6.60. The van der Waals surface area contributed by atoms with Gasteiger partial charge in [-0.15, -0.1) is 0 Å². The second kappa shape index (κ2) is 10.2. The van der Waals surface area contributed by atoms with Crippen LogP contribution < -0.4 is 15.4 Å². The van der Waals surface area contributed by atoms with Crippen molar-refractivity contribution >= 4 is 6.03 Å². The van der Waals surface area contributed by atoms with Crippen molar-refractivity contribution in [2.75, 3.05) is 6.54 Å². The lowest BCUT2D eigenvalue weighted by molar-refractivity contribution is -0.0498. The van der Waals surface area contributed by atoms with E-state index in [0.717, 1.165) is 16.7 Å². The molecule has 2 aromatic carbocycles. The molecule has 0 radical (unpaired) electrons. The van der Waals surface area contributed by atoms with Gasteiger partial charge in [-0.1, -0.05) is 36.4 Å². The average Bonchev–Trinajstić information content (AvgIpc) is 3.21. The van der Waals surface area contributed by atoms with Crippen LogP contribution in [0.2, 0.25) is 0 Å². The van der Waals surface area contributed by atoms with Gasteiger partial charge in [-0.25, -0.2) is 4.79 Å². The first-order chi connectivity index (χ1) is 14.1. The monoisotopic (exact) mass is 400 g/mol. The van der Waals surface area contributed by atoms with E-state index in [9.17, 15) is 13.6 Å². The molecule has 3 rings (SSSR count). The number of amides is 2. The van der Waals surface area contributed by atoms with Crippen molar-refractivity contribution < 1.29 is 18.3 Å². The predicted molar refractivity (Wildman–Crippen MR) is 105 cm³/mol. The molecule has 2 N–H and O–H groups in total. The van der Waals surface area contributed by atoms with E-state index in [1.165, 1.54) is 12.1 Å². The topological polar surface area (TPSA) is 68.2 Å². The molecular formula is C21H22F2N4O2. The molecule has 1 heterocycles. The van der Waals surface area contributed by atoms with Crippen molar-refractivity contribution in [3.63, 3.8) is 0 Å². The van der Waals surface area contributed by atoms with Crippen LogP contribution in [0.1, 0.15) is 16.7 Å². The summed E-state index contributed by atoms with van der Waals surface area (Å²) in [5.41, 5.74) is 3.02. The maximum absolute atomic E-state index is 12.1. The van der Waals surface area contributed by atoms with Crippen molar-refractivity contribution in [1.29, 1.82) is 0 Å². The van der Waals surface area contributed by atoms with Gasteiger partial charge in [0.1, 0.15) is 5.75 Å². The number of carbonyl (C=O) groups excluding carboxylic acids is 1. The standard InChI is InChI=1S/C21H22F2N4O2/c22-20(23)29-19-8-6-16(7-9-19)10-12-24-21(28)25-14-17-4-1-2-5-18(17)15-27-13-3-11-26-27/h1-9,11,13,20H,10,12,14-15H2,(H2,24,25,28). The Bertz CT molecular complexity index is 899. The van der Waals surface area contributed by atoms with Gasteiger partial charge in [0.05, 0.1) is 6.54 Å². The number of ether oxygens (including phenoxy) is 1. The first-order valence-corrected chi connectivity index (χ1v) is 9.20. The fraction of sp³-hybridized carbons (Fsp3) is 0.238. The molecule has 0 aliphatic carbocycles. The van der Waals surface area contributed by atoms with Crippen molar-refractivity contribution in [1.82, 2.24) is 20.4 Å². The number of nitrogens with one attached hydrogen (secondary N) is 2. The molecule has 0 saturated heterocycles. The van der Waals surface area contributed by atoms with E-state index in [0.29, 0.717) is 26.1 Å². The molecule has 6 nitrogen and oxygen atoms in total. The summed E-state index contributed by atoms with van der Waals surface area (Å²) >= 11 is 0. The van der Waals surface area contributed by atoms with Crippen molar-refractivity contribution in [3.05, 3.63) is 83.7 Å². The van der Waals surface area contributed by atoms with Crippen LogP contribution in [0.15, 0.2) is 67.0 Å². The van der Waals surface area contributed by atoms with Gasteiger partial charge in [-0.05, 0) is 41.3 Å². The minimum absolute atomic E-state index is 0.114. The molecule has 1 aromatic heterocycles. The van der Waals surface area contributed by atoms with Crippen molar-refractivity contribution in [3.8, 4) is 5.75 Å². The van der Waals surface area contributed by atoms with Gasteiger partial charge >= 0.3 is 12.6 Å². The van der Waals surface area contributed by atoms with Crippen LogP contribution in [0.3, 0.4) is 0 Å². The molecule has 29 heavy (non-hydrogen) atoms. The second-order valence-corrected chi connectivity index (χ2v) is 6.35. The molecule has 0 aliphatic heterocycles. The predicted octanol–water partition coefficient (Wildman–Crippen LogP) is 3.57. The van der Waals surface area contributed by atoms with Crippen LogP contribution in [0.4, 0.5) is 13.6 Å². The molecule has 0 atom stereocenters. The fourth-order valence-corrected chi connectivity index (χ4v) is 2.85. The number of benzene rings is 2. The first-order valence-electron chi connectivity index (χ1n) is 9.20. The van der Waals surface area contributed by atoms with E-state index in [1.807, 2.05) is 41.2 Å². The van der Waals surface area contributed by atoms with Gasteiger partial charge in [0.15, 0.2) is 0 Å². The normalized spacial score (nSPS) is 10.7. The smallest absolute Gasteiger partial charge is 0.387 e. The largest absolute Gasteiger partial charge is 0.435 e. The molecule has 0 fully saturated rings. The Balaban J connectivity index is 1.42. The van der Waals surface area contributed by atoms with Gasteiger partial charge < -0.3 is 15.4 Å². The van der Waals surface area contributed by atoms with E-state index in [2.05, 4.69) is 20.5 Å². The Morgan fingerprint density at radius 3 is 2.48 bits per heavy atom. The number of alkyl halides is 2. The van der Waals surface area contributed by atoms with Gasteiger partial charge in [0.2, 0.25) is 0 Å². The number of hydrogen-bond acceptors (Lipinski definition) is 3. The molecule has 8 heteroatoms. The highest BCUT2D eigenvalue weighted by Gasteiger charge is 2.06. The lowest BCUT2D eigenvalue weighted by atomic mass is 10.1. The minimum atomic E-state index is -2.84. The highest BCUT2D eigenvalue weighted by molar-refractivity contribution is 5.73. The van der Waals surface area contributed by atoms with Crippen LogP contribution in [0.25, 0.3) is 0 Å². The molecular weight excluding hydrogens is 378 g/mol. The van der Waals surface area contributed by atoms with E-state index in [1.54, 1.807) is 18.3 Å². The van der Waals surface area contributed by atoms with Gasteiger partial charge in [0.25, 0.3) is 0 Å². The lowest BCUT2D eigenvalue weighted by Gasteiger charge is -2.12. The number of carbonyl (C=O) groups is 1. The van der Waals surface area contributed by atoms with Crippen LogP contribution in [-0.4, -0.2) is 29.0 Å². The Morgan fingerprint density at radius 2 is 1.79 bits per heavy atom. The van der Waals surface area contributed by atoms with Crippen LogP contribution in [0, 0.1) is 0 Å². The van der Waals surface area contributed by atoms with E-state index in [-0.39, 0.29) is 11.8 Å². The Morgan fingerprint density at radius 1 is 1.03 bits per heavy atom. The molecule has 3 aromatic rings. The number of rotatable bonds is 9. The van der Waals surface area contributed by atoms with Crippen molar-refractivity contribution in [2.45, 2.75) is 26.1 Å². The first kappa shape index (κ1) is 20.3. The van der Waals surface area contributed by atoms with Gasteiger partial charge in [-0.2, -0.15) is 13.9 Å². The van der Waals surface area contributed by atoms with E-state index in [4.69, 9.17) is 0 Å². The van der Waals surface area contributed by atoms with E-state index >= 15 is 0 Å². The summed E-state index contributed by atoms with van der Waals surface area (Å²) in [7, 11) is 0. The SMILES string of the molecule is O=C(NCCc1ccc(OC(F)F)cc1)NCc1ccccc1Cn1cccn1.